The monoisotopic (exact) mass is 293 g/mol. The Morgan fingerprint density at radius 1 is 1.19 bits per heavy atom. The Kier molecular flexibility index (Phi) is 7.23. The molecule has 0 aliphatic carbocycles. The van der Waals surface area contributed by atoms with Crippen LogP contribution in [0.5, 0.6) is 5.75 Å². The van der Waals surface area contributed by atoms with E-state index >= 15 is 0 Å². The summed E-state index contributed by atoms with van der Waals surface area (Å²) in [5, 5.41) is 0. The lowest BCUT2D eigenvalue weighted by Crippen LogP contribution is -2.42. The van der Waals surface area contributed by atoms with E-state index < -0.39 is 6.04 Å². The van der Waals surface area contributed by atoms with Gasteiger partial charge in [-0.15, -0.1) is 0 Å². The molecule has 0 saturated carbocycles. The summed E-state index contributed by atoms with van der Waals surface area (Å²) >= 11 is 0. The number of hydrogen-bond acceptors (Lipinski definition) is 4. The van der Waals surface area contributed by atoms with Gasteiger partial charge in [0.1, 0.15) is 24.0 Å². The van der Waals surface area contributed by atoms with E-state index in [1.807, 2.05) is 30.3 Å². The second-order valence-corrected chi connectivity index (χ2v) is 5.69. The van der Waals surface area contributed by atoms with Crippen LogP contribution >= 0.6 is 0 Å². The molecule has 4 nitrogen and oxygen atoms in total. The molecule has 0 aliphatic rings. The molecule has 4 heteroatoms. The highest BCUT2D eigenvalue weighted by Gasteiger charge is 2.30. The van der Waals surface area contributed by atoms with Gasteiger partial charge < -0.3 is 15.2 Å². The maximum absolute atomic E-state index is 11.8. The number of benzene rings is 1. The Morgan fingerprint density at radius 2 is 1.81 bits per heavy atom. The van der Waals surface area contributed by atoms with Crippen LogP contribution in [-0.2, 0) is 9.53 Å². The van der Waals surface area contributed by atoms with Gasteiger partial charge in [0.05, 0.1) is 0 Å². The van der Waals surface area contributed by atoms with Crippen molar-refractivity contribution in [3.63, 3.8) is 0 Å². The number of nitrogens with two attached hydrogens (primary N) is 1. The second kappa shape index (κ2) is 8.67. The van der Waals surface area contributed by atoms with E-state index in [1.165, 1.54) is 0 Å². The molecule has 0 heterocycles. The van der Waals surface area contributed by atoms with Crippen molar-refractivity contribution < 1.29 is 14.3 Å². The van der Waals surface area contributed by atoms with Crippen molar-refractivity contribution in [1.29, 1.82) is 0 Å². The maximum atomic E-state index is 11.8. The zero-order chi connectivity index (χ0) is 15.8. The quantitative estimate of drug-likeness (QED) is 0.748. The van der Waals surface area contributed by atoms with Crippen LogP contribution in [0.4, 0.5) is 0 Å². The molecule has 0 aliphatic heterocycles. The van der Waals surface area contributed by atoms with Crippen LogP contribution in [0.15, 0.2) is 30.3 Å². The normalized spacial score (nSPS) is 15.3. The van der Waals surface area contributed by atoms with Crippen molar-refractivity contribution >= 4 is 5.97 Å². The molecule has 0 radical (unpaired) electrons. The van der Waals surface area contributed by atoms with Gasteiger partial charge in [0.15, 0.2) is 0 Å². The second-order valence-electron chi connectivity index (χ2n) is 5.69. The summed E-state index contributed by atoms with van der Waals surface area (Å²) in [5.41, 5.74) is 5.59. The van der Waals surface area contributed by atoms with Gasteiger partial charge >= 0.3 is 5.97 Å². The molecule has 0 amide bonds. The number of hydrogen-bond donors (Lipinski definition) is 1. The van der Waals surface area contributed by atoms with Crippen molar-refractivity contribution in [2.24, 2.45) is 11.7 Å². The third kappa shape index (κ3) is 5.76. The number of ether oxygens (including phenoxy) is 2. The van der Waals surface area contributed by atoms with Gasteiger partial charge in [0.25, 0.3) is 0 Å². The van der Waals surface area contributed by atoms with Crippen LogP contribution in [0, 0.1) is 5.92 Å². The molecule has 0 saturated heterocycles. The van der Waals surface area contributed by atoms with E-state index in [9.17, 15) is 4.79 Å². The van der Waals surface area contributed by atoms with E-state index in [4.69, 9.17) is 15.2 Å². The number of para-hydroxylation sites is 1. The first-order chi connectivity index (χ1) is 9.95. The summed E-state index contributed by atoms with van der Waals surface area (Å²) in [6.45, 7) is 7.83. The van der Waals surface area contributed by atoms with Crippen LogP contribution < -0.4 is 10.5 Å². The highest BCUT2D eigenvalue weighted by molar-refractivity contribution is 5.75. The molecular formula is C17H27NO3. The Morgan fingerprint density at radius 3 is 2.29 bits per heavy atom. The van der Waals surface area contributed by atoms with E-state index in [-0.39, 0.29) is 24.1 Å². The smallest absolute Gasteiger partial charge is 0.323 e. The molecule has 1 rings (SSSR count). The summed E-state index contributed by atoms with van der Waals surface area (Å²) in [7, 11) is 0. The molecule has 0 aromatic heterocycles. The number of rotatable bonds is 8. The molecule has 0 bridgehead atoms. The fraction of sp³-hybridized carbons (Fsp3) is 0.588. The van der Waals surface area contributed by atoms with Crippen molar-refractivity contribution in [2.75, 3.05) is 0 Å². The zero-order valence-corrected chi connectivity index (χ0v) is 13.4. The van der Waals surface area contributed by atoms with Gasteiger partial charge in [-0.1, -0.05) is 45.4 Å². The predicted molar refractivity (Wildman–Crippen MR) is 84.1 cm³/mol. The van der Waals surface area contributed by atoms with Gasteiger partial charge in [-0.2, -0.15) is 0 Å². The third-order valence-corrected chi connectivity index (χ3v) is 3.25. The van der Waals surface area contributed by atoms with Crippen LogP contribution in [-0.4, -0.2) is 24.2 Å². The summed E-state index contributed by atoms with van der Waals surface area (Å²) in [4.78, 5) is 11.8. The van der Waals surface area contributed by atoms with Crippen LogP contribution in [0.25, 0.3) is 0 Å². The molecule has 3 atom stereocenters. The zero-order valence-electron chi connectivity index (χ0n) is 13.4. The van der Waals surface area contributed by atoms with E-state index in [2.05, 4.69) is 20.8 Å². The Labute approximate surface area is 127 Å². The summed E-state index contributed by atoms with van der Waals surface area (Å²) in [6, 6.07) is 8.99. The average Bonchev–Trinajstić information content (AvgIpc) is 2.45. The fourth-order valence-electron chi connectivity index (χ4n) is 2.13. The number of carbonyl (C=O) groups excluding carboxylic acids is 1. The number of esters is 1. The molecular weight excluding hydrogens is 266 g/mol. The van der Waals surface area contributed by atoms with Crippen LogP contribution in [0.3, 0.4) is 0 Å². The van der Waals surface area contributed by atoms with Crippen molar-refractivity contribution in [2.45, 2.75) is 58.8 Å². The Bertz CT molecular complexity index is 417. The Hall–Kier alpha value is -1.55. The average molecular weight is 293 g/mol. The Balaban J connectivity index is 2.84. The van der Waals surface area contributed by atoms with E-state index in [0.29, 0.717) is 0 Å². The molecule has 1 aromatic rings. The highest BCUT2D eigenvalue weighted by Crippen LogP contribution is 2.22. The predicted octanol–water partition coefficient (Wildman–Crippen LogP) is 3.15. The lowest BCUT2D eigenvalue weighted by atomic mass is 9.98. The maximum Gasteiger partial charge on any atom is 0.323 e. The molecule has 0 unspecified atom stereocenters. The van der Waals surface area contributed by atoms with Gasteiger partial charge in [0, 0.05) is 0 Å². The van der Waals surface area contributed by atoms with Crippen molar-refractivity contribution in [3.8, 4) is 5.75 Å². The van der Waals surface area contributed by atoms with Gasteiger partial charge in [-0.25, -0.2) is 0 Å². The van der Waals surface area contributed by atoms with Crippen molar-refractivity contribution in [1.82, 2.24) is 0 Å². The standard InChI is InChI=1S/C17H27NO3/c1-5-9-15(21-17(19)13(4)18)16(12(2)3)20-14-10-7-6-8-11-14/h6-8,10-13,15-16H,5,9,18H2,1-4H3/t13-,15+,16+/m0/s1. The number of carbonyl (C=O) groups is 1. The first-order valence-electron chi connectivity index (χ1n) is 7.63. The van der Waals surface area contributed by atoms with Crippen molar-refractivity contribution in [3.05, 3.63) is 30.3 Å². The minimum absolute atomic E-state index is 0.185. The SMILES string of the molecule is CCC[C@@H](OC(=O)[C@H](C)N)[C@H](Oc1ccccc1)C(C)C. The minimum Gasteiger partial charge on any atom is -0.486 e. The summed E-state index contributed by atoms with van der Waals surface area (Å²) in [6.07, 6.45) is 1.20. The first-order valence-corrected chi connectivity index (χ1v) is 7.63. The molecule has 21 heavy (non-hydrogen) atoms. The molecule has 2 N–H and O–H groups in total. The highest BCUT2D eigenvalue weighted by atomic mass is 16.6. The topological polar surface area (TPSA) is 61.5 Å². The van der Waals surface area contributed by atoms with E-state index in [1.54, 1.807) is 6.92 Å². The van der Waals surface area contributed by atoms with E-state index in [0.717, 1.165) is 18.6 Å². The lowest BCUT2D eigenvalue weighted by Gasteiger charge is -2.31. The van der Waals surface area contributed by atoms with Crippen LogP contribution in [0.1, 0.15) is 40.5 Å². The summed E-state index contributed by atoms with van der Waals surface area (Å²) < 4.78 is 11.6. The summed E-state index contributed by atoms with van der Waals surface area (Å²) in [5.74, 6) is 0.632. The molecule has 0 spiro atoms. The fourth-order valence-corrected chi connectivity index (χ4v) is 2.13. The molecule has 118 valence electrons. The lowest BCUT2D eigenvalue weighted by molar-refractivity contribution is -0.157. The third-order valence-electron chi connectivity index (χ3n) is 3.25. The van der Waals surface area contributed by atoms with Gasteiger partial charge in [-0.3, -0.25) is 4.79 Å². The molecule has 1 aromatic carbocycles. The first kappa shape index (κ1) is 17.5. The van der Waals surface area contributed by atoms with Gasteiger partial charge in [0.2, 0.25) is 0 Å². The van der Waals surface area contributed by atoms with Crippen LogP contribution in [0.2, 0.25) is 0 Å². The van der Waals surface area contributed by atoms with Gasteiger partial charge in [-0.05, 0) is 31.4 Å². The largest absolute Gasteiger partial charge is 0.486 e. The minimum atomic E-state index is -0.617. The molecule has 0 fully saturated rings.